The summed E-state index contributed by atoms with van der Waals surface area (Å²) < 4.78 is 14.2. The highest BCUT2D eigenvalue weighted by atomic mass is 127. The summed E-state index contributed by atoms with van der Waals surface area (Å²) in [4.78, 5) is 9.10. The maximum Gasteiger partial charge on any atom is 0.163 e. The molecule has 0 saturated heterocycles. The SMILES string of the molecule is CCCNc1nc(-c2ccc(F)cc2Cl)nc(CC)c1I. The van der Waals surface area contributed by atoms with Gasteiger partial charge in [-0.1, -0.05) is 25.4 Å². The van der Waals surface area contributed by atoms with Gasteiger partial charge in [-0.2, -0.15) is 0 Å². The zero-order chi connectivity index (χ0) is 15.4. The van der Waals surface area contributed by atoms with Crippen molar-refractivity contribution < 1.29 is 4.39 Å². The lowest BCUT2D eigenvalue weighted by atomic mass is 10.2. The topological polar surface area (TPSA) is 37.8 Å². The van der Waals surface area contributed by atoms with Crippen LogP contribution in [0.3, 0.4) is 0 Å². The number of benzene rings is 1. The Bertz CT molecular complexity index is 649. The van der Waals surface area contributed by atoms with E-state index >= 15 is 0 Å². The predicted molar refractivity (Wildman–Crippen MR) is 93.3 cm³/mol. The molecule has 0 spiro atoms. The molecule has 6 heteroatoms. The Morgan fingerprint density at radius 2 is 2.05 bits per heavy atom. The summed E-state index contributed by atoms with van der Waals surface area (Å²) in [6, 6.07) is 4.26. The molecule has 0 radical (unpaired) electrons. The van der Waals surface area contributed by atoms with Gasteiger partial charge in [0.25, 0.3) is 0 Å². The molecule has 0 aliphatic heterocycles. The number of aryl methyl sites for hydroxylation is 1. The molecule has 0 saturated carbocycles. The standard InChI is InChI=1S/C15H16ClFIN3/c1-3-7-19-15-13(18)12(4-2)20-14(21-15)10-6-5-9(17)8-11(10)16/h5-6,8H,3-4,7H2,1-2H3,(H,19,20,21). The monoisotopic (exact) mass is 419 g/mol. The van der Waals surface area contributed by atoms with Gasteiger partial charge in [-0.05, 0) is 53.6 Å². The zero-order valence-corrected chi connectivity index (χ0v) is 14.8. The van der Waals surface area contributed by atoms with Crippen molar-refractivity contribution in [2.24, 2.45) is 0 Å². The Labute approximate surface area is 142 Å². The fourth-order valence-corrected chi connectivity index (χ4v) is 2.94. The number of halogens is 3. The average Bonchev–Trinajstić information content (AvgIpc) is 2.46. The van der Waals surface area contributed by atoms with Crippen LogP contribution in [0.25, 0.3) is 11.4 Å². The predicted octanol–water partition coefficient (Wildman–Crippen LogP) is 4.93. The Kier molecular flexibility index (Phi) is 5.75. The maximum absolute atomic E-state index is 13.2. The number of nitrogens with zero attached hydrogens (tertiary/aromatic N) is 2. The van der Waals surface area contributed by atoms with Gasteiger partial charge in [0.15, 0.2) is 5.82 Å². The lowest BCUT2D eigenvalue weighted by molar-refractivity contribution is 0.628. The minimum absolute atomic E-state index is 0.319. The quantitative estimate of drug-likeness (QED) is 0.699. The van der Waals surface area contributed by atoms with E-state index in [1.54, 1.807) is 6.07 Å². The van der Waals surface area contributed by atoms with Crippen molar-refractivity contribution in [2.75, 3.05) is 11.9 Å². The van der Waals surface area contributed by atoms with Crippen LogP contribution in [0.1, 0.15) is 26.0 Å². The zero-order valence-electron chi connectivity index (χ0n) is 11.9. The maximum atomic E-state index is 13.2. The summed E-state index contributed by atoms with van der Waals surface area (Å²) in [6.07, 6.45) is 1.81. The third-order valence-electron chi connectivity index (χ3n) is 2.97. The molecule has 1 N–H and O–H groups in total. The summed E-state index contributed by atoms with van der Waals surface area (Å²) in [5.41, 5.74) is 1.60. The van der Waals surface area contributed by atoms with Crippen LogP contribution in [0.2, 0.25) is 5.02 Å². The minimum atomic E-state index is -0.366. The van der Waals surface area contributed by atoms with Crippen LogP contribution in [0.4, 0.5) is 10.2 Å². The fraction of sp³-hybridized carbons (Fsp3) is 0.333. The second-order valence-corrected chi connectivity index (χ2v) is 6.05. The van der Waals surface area contributed by atoms with E-state index in [0.717, 1.165) is 34.5 Å². The van der Waals surface area contributed by atoms with Crippen molar-refractivity contribution in [1.29, 1.82) is 0 Å². The van der Waals surface area contributed by atoms with Crippen LogP contribution in [-0.4, -0.2) is 16.5 Å². The van der Waals surface area contributed by atoms with Gasteiger partial charge in [0.2, 0.25) is 0 Å². The molecule has 0 atom stereocenters. The van der Waals surface area contributed by atoms with Crippen LogP contribution in [0.5, 0.6) is 0 Å². The first-order valence-corrected chi connectivity index (χ1v) is 8.28. The molecule has 21 heavy (non-hydrogen) atoms. The van der Waals surface area contributed by atoms with Crippen molar-refractivity contribution >= 4 is 40.0 Å². The third-order valence-corrected chi connectivity index (χ3v) is 4.42. The van der Waals surface area contributed by atoms with Crippen LogP contribution < -0.4 is 5.32 Å². The van der Waals surface area contributed by atoms with Gasteiger partial charge in [0.1, 0.15) is 11.6 Å². The molecule has 1 aromatic carbocycles. The highest BCUT2D eigenvalue weighted by Gasteiger charge is 2.14. The van der Waals surface area contributed by atoms with Crippen molar-refractivity contribution in [3.8, 4) is 11.4 Å². The van der Waals surface area contributed by atoms with Gasteiger partial charge in [0.05, 0.1) is 14.3 Å². The van der Waals surface area contributed by atoms with Gasteiger partial charge < -0.3 is 5.32 Å². The van der Waals surface area contributed by atoms with Crippen LogP contribution in [-0.2, 0) is 6.42 Å². The van der Waals surface area contributed by atoms with Crippen molar-refractivity contribution in [2.45, 2.75) is 26.7 Å². The van der Waals surface area contributed by atoms with Gasteiger partial charge >= 0.3 is 0 Å². The van der Waals surface area contributed by atoms with Crippen LogP contribution in [0.15, 0.2) is 18.2 Å². The molecule has 0 aliphatic rings. The largest absolute Gasteiger partial charge is 0.369 e. The Morgan fingerprint density at radius 3 is 2.67 bits per heavy atom. The van der Waals surface area contributed by atoms with Crippen LogP contribution >= 0.6 is 34.2 Å². The molecule has 0 fully saturated rings. The molecule has 0 unspecified atom stereocenters. The molecule has 0 amide bonds. The second kappa shape index (κ2) is 7.35. The number of anilines is 1. The van der Waals surface area contributed by atoms with E-state index < -0.39 is 0 Å². The Morgan fingerprint density at radius 1 is 1.29 bits per heavy atom. The molecular formula is C15H16ClFIN3. The summed E-state index contributed by atoms with van der Waals surface area (Å²) in [6.45, 7) is 4.98. The first-order chi connectivity index (χ1) is 10.1. The Hall–Kier alpha value is -0.950. The molecule has 3 nitrogen and oxygen atoms in total. The van der Waals surface area contributed by atoms with Crippen LogP contribution in [0, 0.1) is 9.39 Å². The lowest BCUT2D eigenvalue weighted by Crippen LogP contribution is -2.09. The molecule has 2 rings (SSSR count). The Balaban J connectivity index is 2.52. The number of hydrogen-bond donors (Lipinski definition) is 1. The van der Waals surface area contributed by atoms with Crippen molar-refractivity contribution in [3.63, 3.8) is 0 Å². The number of nitrogens with one attached hydrogen (secondary N) is 1. The summed E-state index contributed by atoms with van der Waals surface area (Å²) in [5, 5.41) is 3.62. The minimum Gasteiger partial charge on any atom is -0.369 e. The van der Waals surface area contributed by atoms with Gasteiger partial charge in [-0.3, -0.25) is 0 Å². The highest BCUT2D eigenvalue weighted by molar-refractivity contribution is 14.1. The number of aromatic nitrogens is 2. The fourth-order valence-electron chi connectivity index (χ4n) is 1.88. The van der Waals surface area contributed by atoms with Gasteiger partial charge in [0, 0.05) is 12.1 Å². The summed E-state index contributed by atoms with van der Waals surface area (Å²) in [7, 11) is 0. The number of rotatable bonds is 5. The van der Waals surface area contributed by atoms with E-state index in [1.165, 1.54) is 12.1 Å². The number of hydrogen-bond acceptors (Lipinski definition) is 3. The first-order valence-electron chi connectivity index (χ1n) is 6.82. The summed E-state index contributed by atoms with van der Waals surface area (Å²) >= 11 is 8.36. The molecule has 0 aliphatic carbocycles. The van der Waals surface area contributed by atoms with Crippen molar-refractivity contribution in [3.05, 3.63) is 38.3 Å². The van der Waals surface area contributed by atoms with E-state index in [2.05, 4.69) is 44.8 Å². The van der Waals surface area contributed by atoms with E-state index in [4.69, 9.17) is 11.6 Å². The molecule has 2 aromatic rings. The van der Waals surface area contributed by atoms with E-state index in [-0.39, 0.29) is 5.82 Å². The third kappa shape index (κ3) is 3.83. The van der Waals surface area contributed by atoms with E-state index in [9.17, 15) is 4.39 Å². The molecule has 1 aromatic heterocycles. The van der Waals surface area contributed by atoms with Gasteiger partial charge in [-0.15, -0.1) is 0 Å². The smallest absolute Gasteiger partial charge is 0.163 e. The summed E-state index contributed by atoms with van der Waals surface area (Å²) in [5.74, 6) is 0.963. The van der Waals surface area contributed by atoms with Crippen molar-refractivity contribution in [1.82, 2.24) is 9.97 Å². The first kappa shape index (κ1) is 16.4. The molecule has 112 valence electrons. The molecule has 1 heterocycles. The second-order valence-electron chi connectivity index (χ2n) is 4.56. The highest BCUT2D eigenvalue weighted by Crippen LogP contribution is 2.29. The van der Waals surface area contributed by atoms with E-state index in [0.29, 0.717) is 16.4 Å². The van der Waals surface area contributed by atoms with E-state index in [1.807, 2.05) is 6.92 Å². The normalized spacial score (nSPS) is 10.7. The average molecular weight is 420 g/mol. The molecule has 0 bridgehead atoms. The lowest BCUT2D eigenvalue weighted by Gasteiger charge is -2.12. The molecular weight excluding hydrogens is 404 g/mol. The van der Waals surface area contributed by atoms with Gasteiger partial charge in [-0.25, -0.2) is 14.4 Å².